The van der Waals surface area contributed by atoms with E-state index in [0.29, 0.717) is 5.92 Å². The van der Waals surface area contributed by atoms with Gasteiger partial charge >= 0.3 is 0 Å². The molecule has 0 spiro atoms. The molecule has 1 N–H and O–H groups in total. The maximum Gasteiger partial charge on any atom is 0.208 e. The summed E-state index contributed by atoms with van der Waals surface area (Å²) in [5, 5.41) is 7.82. The molecule has 0 saturated carbocycles. The molecule has 0 bridgehead atoms. The summed E-state index contributed by atoms with van der Waals surface area (Å²) in [6.07, 6.45) is 0. The molecule has 0 saturated heterocycles. The van der Waals surface area contributed by atoms with Gasteiger partial charge in [-0.3, -0.25) is 5.10 Å². The number of hydrogen-bond acceptors (Lipinski definition) is 3. The van der Waals surface area contributed by atoms with Crippen LogP contribution in [0.4, 0.5) is 0 Å². The quantitative estimate of drug-likeness (QED) is 0.708. The van der Waals surface area contributed by atoms with E-state index in [0.717, 1.165) is 16.7 Å². The number of nitrogens with zero attached hydrogens (tertiary/aromatic N) is 2. The summed E-state index contributed by atoms with van der Waals surface area (Å²) >= 11 is 1.66. The Labute approximate surface area is 71.0 Å². The van der Waals surface area contributed by atoms with Gasteiger partial charge in [-0.15, -0.1) is 5.10 Å². The SMILES string of the molecule is CCSc1n[nH]c(C(C)C)n1. The van der Waals surface area contributed by atoms with E-state index in [1.54, 1.807) is 11.8 Å². The van der Waals surface area contributed by atoms with E-state index >= 15 is 0 Å². The van der Waals surface area contributed by atoms with Crippen LogP contribution in [0, 0.1) is 0 Å². The highest BCUT2D eigenvalue weighted by molar-refractivity contribution is 7.99. The van der Waals surface area contributed by atoms with Crippen LogP contribution in [0.1, 0.15) is 32.5 Å². The zero-order valence-electron chi connectivity index (χ0n) is 7.09. The number of aromatic nitrogens is 3. The third-order valence-corrected chi connectivity index (χ3v) is 2.03. The largest absolute Gasteiger partial charge is 0.262 e. The van der Waals surface area contributed by atoms with Crippen molar-refractivity contribution in [1.29, 1.82) is 0 Å². The highest BCUT2D eigenvalue weighted by Gasteiger charge is 2.05. The van der Waals surface area contributed by atoms with E-state index in [1.807, 2.05) is 0 Å². The second-order valence-electron chi connectivity index (χ2n) is 2.59. The average molecular weight is 171 g/mol. The minimum absolute atomic E-state index is 0.439. The summed E-state index contributed by atoms with van der Waals surface area (Å²) in [6.45, 7) is 6.29. The van der Waals surface area contributed by atoms with Gasteiger partial charge in [0, 0.05) is 5.92 Å². The maximum atomic E-state index is 4.30. The standard InChI is InChI=1S/C7H13N3S/c1-4-11-7-8-6(5(2)3)9-10-7/h5H,4H2,1-3H3,(H,8,9,10). The summed E-state index contributed by atoms with van der Waals surface area (Å²) in [6, 6.07) is 0. The Kier molecular flexibility index (Phi) is 2.93. The molecule has 1 heterocycles. The third-order valence-electron chi connectivity index (χ3n) is 1.30. The van der Waals surface area contributed by atoms with Crippen molar-refractivity contribution in [2.24, 2.45) is 0 Å². The van der Waals surface area contributed by atoms with Crippen molar-refractivity contribution >= 4 is 11.8 Å². The second-order valence-corrected chi connectivity index (χ2v) is 3.82. The number of thioether (sulfide) groups is 1. The number of hydrogen-bond donors (Lipinski definition) is 1. The van der Waals surface area contributed by atoms with Crippen molar-refractivity contribution in [1.82, 2.24) is 15.2 Å². The van der Waals surface area contributed by atoms with Crippen LogP contribution < -0.4 is 0 Å². The van der Waals surface area contributed by atoms with E-state index in [9.17, 15) is 0 Å². The highest BCUT2D eigenvalue weighted by Crippen LogP contribution is 2.14. The molecule has 1 aromatic rings. The van der Waals surface area contributed by atoms with Crippen LogP contribution in [0.2, 0.25) is 0 Å². The molecule has 0 amide bonds. The molecule has 11 heavy (non-hydrogen) atoms. The third kappa shape index (κ3) is 2.22. The fraction of sp³-hybridized carbons (Fsp3) is 0.714. The fourth-order valence-electron chi connectivity index (χ4n) is 0.710. The lowest BCUT2D eigenvalue weighted by Gasteiger charge is -1.94. The van der Waals surface area contributed by atoms with Crippen LogP contribution in [-0.4, -0.2) is 20.9 Å². The van der Waals surface area contributed by atoms with Crippen molar-refractivity contribution < 1.29 is 0 Å². The van der Waals surface area contributed by atoms with Gasteiger partial charge in [-0.2, -0.15) is 0 Å². The molecule has 0 atom stereocenters. The predicted octanol–water partition coefficient (Wildman–Crippen LogP) is 2.04. The van der Waals surface area contributed by atoms with Gasteiger partial charge in [-0.1, -0.05) is 32.5 Å². The van der Waals surface area contributed by atoms with Crippen molar-refractivity contribution in [3.63, 3.8) is 0 Å². The van der Waals surface area contributed by atoms with Crippen LogP contribution in [0.15, 0.2) is 5.16 Å². The van der Waals surface area contributed by atoms with Crippen molar-refractivity contribution in [2.75, 3.05) is 5.75 Å². The molecule has 1 rings (SSSR count). The van der Waals surface area contributed by atoms with E-state index in [4.69, 9.17) is 0 Å². The molecular weight excluding hydrogens is 158 g/mol. The summed E-state index contributed by atoms with van der Waals surface area (Å²) in [7, 11) is 0. The topological polar surface area (TPSA) is 41.6 Å². The van der Waals surface area contributed by atoms with Crippen molar-refractivity contribution in [2.45, 2.75) is 31.8 Å². The summed E-state index contributed by atoms with van der Waals surface area (Å²) in [5.74, 6) is 2.43. The Hall–Kier alpha value is -0.510. The smallest absolute Gasteiger partial charge is 0.208 e. The molecule has 62 valence electrons. The maximum absolute atomic E-state index is 4.30. The van der Waals surface area contributed by atoms with Crippen molar-refractivity contribution in [3.05, 3.63) is 5.82 Å². The first-order valence-corrected chi connectivity index (χ1v) is 4.77. The zero-order chi connectivity index (χ0) is 8.27. The first-order chi connectivity index (χ1) is 5.24. The molecule has 0 radical (unpaired) electrons. The molecule has 0 fully saturated rings. The van der Waals surface area contributed by atoms with Gasteiger partial charge in [0.1, 0.15) is 5.82 Å². The summed E-state index contributed by atoms with van der Waals surface area (Å²) in [4.78, 5) is 4.30. The van der Waals surface area contributed by atoms with Crippen molar-refractivity contribution in [3.8, 4) is 0 Å². The molecule has 0 aromatic carbocycles. The first-order valence-electron chi connectivity index (χ1n) is 3.79. The molecule has 0 aliphatic rings. The lowest BCUT2D eigenvalue weighted by Crippen LogP contribution is -1.89. The van der Waals surface area contributed by atoms with Crippen LogP contribution >= 0.6 is 11.8 Å². The number of aromatic amines is 1. The molecule has 1 aromatic heterocycles. The molecule has 3 nitrogen and oxygen atoms in total. The van der Waals surface area contributed by atoms with Crippen LogP contribution in [-0.2, 0) is 0 Å². The molecule has 4 heteroatoms. The van der Waals surface area contributed by atoms with Gasteiger partial charge in [-0.05, 0) is 5.75 Å². The van der Waals surface area contributed by atoms with Gasteiger partial charge in [0.2, 0.25) is 5.16 Å². The number of rotatable bonds is 3. The molecule has 0 unspecified atom stereocenters. The summed E-state index contributed by atoms with van der Waals surface area (Å²) < 4.78 is 0. The van der Waals surface area contributed by atoms with E-state index in [-0.39, 0.29) is 0 Å². The first kappa shape index (κ1) is 8.59. The van der Waals surface area contributed by atoms with Gasteiger partial charge in [0.25, 0.3) is 0 Å². The Morgan fingerprint density at radius 2 is 2.27 bits per heavy atom. The minimum Gasteiger partial charge on any atom is -0.262 e. The Morgan fingerprint density at radius 1 is 1.55 bits per heavy atom. The summed E-state index contributed by atoms with van der Waals surface area (Å²) in [5.41, 5.74) is 0. The lowest BCUT2D eigenvalue weighted by molar-refractivity contribution is 0.780. The molecular formula is C7H13N3S. The van der Waals surface area contributed by atoms with E-state index in [1.165, 1.54) is 0 Å². The number of H-pyrrole nitrogens is 1. The Morgan fingerprint density at radius 3 is 2.73 bits per heavy atom. The highest BCUT2D eigenvalue weighted by atomic mass is 32.2. The average Bonchev–Trinajstić information content (AvgIpc) is 2.37. The van der Waals surface area contributed by atoms with Gasteiger partial charge in [0.15, 0.2) is 0 Å². The van der Waals surface area contributed by atoms with Gasteiger partial charge in [-0.25, -0.2) is 4.98 Å². The predicted molar refractivity (Wildman–Crippen MR) is 46.9 cm³/mol. The molecule has 0 aliphatic heterocycles. The van der Waals surface area contributed by atoms with E-state index < -0.39 is 0 Å². The Balaban J connectivity index is 2.66. The van der Waals surface area contributed by atoms with Crippen LogP contribution in [0.25, 0.3) is 0 Å². The minimum atomic E-state index is 0.439. The fourth-order valence-corrected chi connectivity index (χ4v) is 1.24. The zero-order valence-corrected chi connectivity index (χ0v) is 7.90. The Bertz CT molecular complexity index is 219. The second kappa shape index (κ2) is 3.76. The number of nitrogens with one attached hydrogen (secondary N) is 1. The normalized spacial score (nSPS) is 10.9. The van der Waals surface area contributed by atoms with E-state index in [2.05, 4.69) is 36.0 Å². The van der Waals surface area contributed by atoms with Gasteiger partial charge in [0.05, 0.1) is 0 Å². The molecule has 0 aliphatic carbocycles. The van der Waals surface area contributed by atoms with Crippen LogP contribution in [0.5, 0.6) is 0 Å². The van der Waals surface area contributed by atoms with Gasteiger partial charge < -0.3 is 0 Å². The monoisotopic (exact) mass is 171 g/mol. The van der Waals surface area contributed by atoms with Crippen LogP contribution in [0.3, 0.4) is 0 Å². The lowest BCUT2D eigenvalue weighted by atomic mass is 10.2.